The number of rotatable bonds is 11. The van der Waals surface area contributed by atoms with Crippen molar-refractivity contribution in [3.05, 3.63) is 89.7 Å². The number of amides is 1. The van der Waals surface area contributed by atoms with Crippen molar-refractivity contribution in [1.29, 1.82) is 0 Å². The number of pyridine rings is 1. The molecule has 0 saturated carbocycles. The molecule has 0 unspecified atom stereocenters. The largest absolute Gasteiger partial charge is 0.493 e. The van der Waals surface area contributed by atoms with Crippen LogP contribution in [0.25, 0.3) is 0 Å². The lowest BCUT2D eigenvalue weighted by Gasteiger charge is -2.35. The highest BCUT2D eigenvalue weighted by Gasteiger charge is 2.41. The number of esters is 2. The number of nitrogens with one attached hydrogen (secondary N) is 1. The minimum atomic E-state index is -1.64. The van der Waals surface area contributed by atoms with Crippen LogP contribution in [0, 0.1) is 0 Å². The van der Waals surface area contributed by atoms with Gasteiger partial charge in [-0.25, -0.2) is 9.78 Å². The Hall–Kier alpha value is -4.44. The van der Waals surface area contributed by atoms with Crippen LogP contribution >= 0.6 is 0 Å². The highest BCUT2D eigenvalue weighted by atomic mass is 16.7. The van der Waals surface area contributed by atoms with E-state index < -0.39 is 42.4 Å². The fourth-order valence-electron chi connectivity index (χ4n) is 3.77. The van der Waals surface area contributed by atoms with E-state index in [1.54, 1.807) is 55.5 Å². The minimum Gasteiger partial charge on any atom is -0.493 e. The van der Waals surface area contributed by atoms with Gasteiger partial charge in [-0.1, -0.05) is 60.7 Å². The molecule has 38 heavy (non-hydrogen) atoms. The van der Waals surface area contributed by atoms with E-state index >= 15 is 0 Å². The Morgan fingerprint density at radius 3 is 2.08 bits per heavy atom. The van der Waals surface area contributed by atoms with Gasteiger partial charge in [0.15, 0.2) is 22.8 Å². The number of aliphatic hydroxyl groups is 1. The summed E-state index contributed by atoms with van der Waals surface area (Å²) in [5.74, 6) is -1.99. The first-order valence-electron chi connectivity index (χ1n) is 11.8. The predicted molar refractivity (Wildman–Crippen MR) is 136 cm³/mol. The zero-order valence-corrected chi connectivity index (χ0v) is 21.5. The van der Waals surface area contributed by atoms with E-state index in [9.17, 15) is 19.5 Å². The Balaban J connectivity index is 1.77. The zero-order valence-electron chi connectivity index (χ0n) is 21.5. The maximum atomic E-state index is 13.0. The lowest BCUT2D eigenvalue weighted by Crippen LogP contribution is -2.46. The van der Waals surface area contributed by atoms with E-state index in [0.717, 1.165) is 0 Å². The fourth-order valence-corrected chi connectivity index (χ4v) is 3.77. The molecule has 2 aromatic carbocycles. The van der Waals surface area contributed by atoms with Gasteiger partial charge in [-0.2, -0.15) is 0 Å². The number of nitrogens with zero attached hydrogens (tertiary/aromatic N) is 1. The van der Waals surface area contributed by atoms with E-state index in [1.807, 2.05) is 12.1 Å². The summed E-state index contributed by atoms with van der Waals surface area (Å²) >= 11 is 0. The van der Waals surface area contributed by atoms with Crippen molar-refractivity contribution in [3.8, 4) is 11.5 Å². The molecule has 200 valence electrons. The summed E-state index contributed by atoms with van der Waals surface area (Å²) in [6.07, 6.45) is 0.314. The molecule has 10 heteroatoms. The number of carbonyl (C=O) groups is 3. The summed E-state index contributed by atoms with van der Waals surface area (Å²) < 4.78 is 21.0. The molecular weight excluding hydrogens is 492 g/mol. The van der Waals surface area contributed by atoms with Crippen molar-refractivity contribution >= 4 is 17.8 Å². The molecule has 0 fully saturated rings. The molecule has 0 radical (unpaired) electrons. The molecule has 0 aliphatic rings. The minimum absolute atomic E-state index is 0.0646. The second kappa shape index (κ2) is 12.7. The molecule has 1 amide bonds. The number of aromatic nitrogens is 1. The summed E-state index contributed by atoms with van der Waals surface area (Å²) in [5.41, 5.74) is -0.750. The van der Waals surface area contributed by atoms with Crippen LogP contribution in [0.1, 0.15) is 42.4 Å². The molecule has 0 bridgehead atoms. The monoisotopic (exact) mass is 522 g/mol. The first-order valence-corrected chi connectivity index (χ1v) is 11.8. The summed E-state index contributed by atoms with van der Waals surface area (Å²) in [4.78, 5) is 41.1. The smallest absolute Gasteiger partial charge is 0.328 e. The number of methoxy groups -OCH3 is 1. The number of ether oxygens (including phenoxy) is 4. The van der Waals surface area contributed by atoms with Crippen LogP contribution in [0.2, 0.25) is 0 Å². The number of hydrogen-bond donors (Lipinski definition) is 2. The van der Waals surface area contributed by atoms with Crippen LogP contribution in [-0.2, 0) is 24.7 Å². The highest BCUT2D eigenvalue weighted by molar-refractivity contribution is 5.98. The molecule has 0 aliphatic carbocycles. The van der Waals surface area contributed by atoms with E-state index in [2.05, 4.69) is 10.3 Å². The molecule has 3 aromatic rings. The summed E-state index contributed by atoms with van der Waals surface area (Å²) in [6.45, 7) is 3.76. The van der Waals surface area contributed by atoms with Crippen LogP contribution in [0.15, 0.2) is 72.9 Å². The Morgan fingerprint density at radius 2 is 1.55 bits per heavy atom. The van der Waals surface area contributed by atoms with Gasteiger partial charge in [-0.15, -0.1) is 0 Å². The van der Waals surface area contributed by atoms with Crippen LogP contribution in [0.5, 0.6) is 11.5 Å². The molecule has 10 nitrogen and oxygen atoms in total. The predicted octanol–water partition coefficient (Wildman–Crippen LogP) is 2.98. The Bertz CT molecular complexity index is 1210. The number of carbonyl (C=O) groups excluding carboxylic acids is 3. The van der Waals surface area contributed by atoms with Crippen LogP contribution in [0.3, 0.4) is 0 Å². The lowest BCUT2D eigenvalue weighted by molar-refractivity contribution is -0.162. The SMILES string of the molecule is COc1ccnc(C(=O)N[C@@H](C)C(=O)O[C@@H](C)C(O)(c2ccccc2)c2ccccc2)c1OCOC(C)=O. The third kappa shape index (κ3) is 6.46. The molecule has 0 aliphatic heterocycles. The lowest BCUT2D eigenvalue weighted by atomic mass is 9.82. The molecule has 1 aromatic heterocycles. The molecule has 0 saturated heterocycles. The maximum absolute atomic E-state index is 13.0. The Labute approximate surface area is 220 Å². The molecule has 2 atom stereocenters. The molecular formula is C28H30N2O8. The van der Waals surface area contributed by atoms with E-state index in [1.165, 1.54) is 33.2 Å². The molecule has 2 N–H and O–H groups in total. The maximum Gasteiger partial charge on any atom is 0.328 e. The normalized spacial score (nSPS) is 12.6. The second-order valence-electron chi connectivity index (χ2n) is 8.36. The molecule has 0 spiro atoms. The van der Waals surface area contributed by atoms with Gasteiger partial charge >= 0.3 is 11.9 Å². The molecule has 3 rings (SSSR count). The average Bonchev–Trinajstić information content (AvgIpc) is 2.93. The van der Waals surface area contributed by atoms with Crippen molar-refractivity contribution in [1.82, 2.24) is 10.3 Å². The van der Waals surface area contributed by atoms with Gasteiger partial charge in [0.2, 0.25) is 6.79 Å². The summed E-state index contributed by atoms with van der Waals surface area (Å²) in [6, 6.07) is 18.1. The number of hydrogen-bond acceptors (Lipinski definition) is 9. The van der Waals surface area contributed by atoms with E-state index in [4.69, 9.17) is 18.9 Å². The third-order valence-electron chi connectivity index (χ3n) is 5.78. The molecule has 1 heterocycles. The Kier molecular flexibility index (Phi) is 9.39. The van der Waals surface area contributed by atoms with Crippen molar-refractivity contribution in [3.63, 3.8) is 0 Å². The second-order valence-corrected chi connectivity index (χ2v) is 8.36. The first kappa shape index (κ1) is 28.1. The summed E-state index contributed by atoms with van der Waals surface area (Å²) in [5, 5.41) is 14.3. The van der Waals surface area contributed by atoms with Gasteiger partial charge in [-0.05, 0) is 25.0 Å². The standard InChI is InChI=1S/C28H30N2O8/c1-18(30-26(32)24-25(37-17-36-20(3)31)23(35-4)15-16-29-24)27(33)38-19(2)28(34,21-11-7-5-8-12-21)22-13-9-6-10-14-22/h5-16,18-19,34H,17H2,1-4H3,(H,30,32)/t18-,19-/m0/s1. The fraction of sp³-hybridized carbons (Fsp3) is 0.286. The van der Waals surface area contributed by atoms with Gasteiger partial charge in [0.1, 0.15) is 12.1 Å². The highest BCUT2D eigenvalue weighted by Crippen LogP contribution is 2.35. The van der Waals surface area contributed by atoms with Crippen LogP contribution in [-0.4, -0.2) is 54.0 Å². The van der Waals surface area contributed by atoms with Gasteiger partial charge in [-0.3, -0.25) is 9.59 Å². The van der Waals surface area contributed by atoms with Crippen LogP contribution < -0.4 is 14.8 Å². The zero-order chi connectivity index (χ0) is 27.7. The van der Waals surface area contributed by atoms with Gasteiger partial charge in [0.05, 0.1) is 7.11 Å². The van der Waals surface area contributed by atoms with Crippen LogP contribution in [0.4, 0.5) is 0 Å². The summed E-state index contributed by atoms with van der Waals surface area (Å²) in [7, 11) is 1.37. The first-order chi connectivity index (χ1) is 18.2. The van der Waals surface area contributed by atoms with Crippen molar-refractivity contribution in [2.24, 2.45) is 0 Å². The average molecular weight is 523 g/mol. The quantitative estimate of drug-likeness (QED) is 0.288. The third-order valence-corrected chi connectivity index (χ3v) is 5.78. The van der Waals surface area contributed by atoms with Crippen molar-refractivity contribution in [2.75, 3.05) is 13.9 Å². The number of benzene rings is 2. The van der Waals surface area contributed by atoms with Gasteiger partial charge < -0.3 is 29.4 Å². The van der Waals surface area contributed by atoms with E-state index in [-0.39, 0.29) is 17.2 Å². The van der Waals surface area contributed by atoms with Crippen molar-refractivity contribution < 1.29 is 38.4 Å². The topological polar surface area (TPSA) is 133 Å². The Morgan fingerprint density at radius 1 is 0.974 bits per heavy atom. The van der Waals surface area contributed by atoms with E-state index in [0.29, 0.717) is 11.1 Å². The van der Waals surface area contributed by atoms with Gasteiger partial charge in [0, 0.05) is 19.2 Å². The van der Waals surface area contributed by atoms with Crippen molar-refractivity contribution in [2.45, 2.75) is 38.5 Å². The van der Waals surface area contributed by atoms with Gasteiger partial charge in [0.25, 0.3) is 5.91 Å².